The van der Waals surface area contributed by atoms with Gasteiger partial charge in [-0.15, -0.1) is 0 Å². The number of Topliss-reactive ketones (excluding diaryl/α,β-unsaturated/α-hetero) is 1. The highest BCUT2D eigenvalue weighted by Gasteiger charge is 2.87. The normalized spacial score (nSPS) is 52.9. The fourth-order valence-electron chi connectivity index (χ4n) is 10.3. The summed E-state index contributed by atoms with van der Waals surface area (Å²) in [6.45, 7) is 12.1. The quantitative estimate of drug-likeness (QED) is 0.466. The van der Waals surface area contributed by atoms with E-state index in [2.05, 4.69) is 34.6 Å². The highest BCUT2D eigenvalue weighted by atomic mass is 16.6. The van der Waals surface area contributed by atoms with Gasteiger partial charge in [-0.1, -0.05) is 34.6 Å². The van der Waals surface area contributed by atoms with E-state index in [1.165, 1.54) is 6.92 Å². The largest absolute Gasteiger partial charge is 0.472 e. The molecule has 7 nitrogen and oxygen atoms in total. The lowest BCUT2D eigenvalue weighted by atomic mass is 9.33. The first-order valence-electron chi connectivity index (χ1n) is 13.5. The number of ether oxygens (including phenoxy) is 2. The Balaban J connectivity index is 1.51. The number of fused-ring (bicyclic) bond motifs is 3. The average molecular weight is 501 g/mol. The molecule has 4 saturated carbocycles. The lowest BCUT2D eigenvalue weighted by molar-refractivity contribution is -0.288. The van der Waals surface area contributed by atoms with Crippen molar-refractivity contribution in [1.29, 1.82) is 0 Å². The maximum Gasteiger partial charge on any atom is 0.302 e. The Morgan fingerprint density at radius 2 is 1.81 bits per heavy atom. The number of hydrogen-bond acceptors (Lipinski definition) is 7. The molecule has 1 aliphatic heterocycles. The molecule has 5 aliphatic rings. The van der Waals surface area contributed by atoms with Crippen molar-refractivity contribution >= 4 is 11.8 Å². The number of carbonyl (C=O) groups excluding carboxylic acids is 2. The van der Waals surface area contributed by atoms with Crippen LogP contribution in [-0.4, -0.2) is 52.0 Å². The van der Waals surface area contributed by atoms with Gasteiger partial charge >= 0.3 is 5.97 Å². The lowest BCUT2D eigenvalue weighted by Gasteiger charge is -2.71. The molecule has 1 aromatic heterocycles. The van der Waals surface area contributed by atoms with Gasteiger partial charge in [-0.05, 0) is 48.1 Å². The summed E-state index contributed by atoms with van der Waals surface area (Å²) in [5, 5.41) is 23.2. The van der Waals surface area contributed by atoms with E-state index in [9.17, 15) is 19.8 Å². The lowest BCUT2D eigenvalue weighted by Crippen LogP contribution is -2.75. The molecule has 4 aliphatic carbocycles. The zero-order chi connectivity index (χ0) is 26.1. The van der Waals surface area contributed by atoms with Gasteiger partial charge in [0.15, 0.2) is 5.78 Å². The summed E-state index contributed by atoms with van der Waals surface area (Å²) in [6, 6.07) is 1.95. The first-order valence-corrected chi connectivity index (χ1v) is 13.5. The van der Waals surface area contributed by atoms with Crippen LogP contribution in [0.2, 0.25) is 0 Å². The van der Waals surface area contributed by atoms with Gasteiger partial charge in [-0.25, -0.2) is 0 Å². The molecule has 2 heterocycles. The van der Waals surface area contributed by atoms with Crippen LogP contribution in [0.1, 0.15) is 85.1 Å². The molecule has 1 saturated heterocycles. The van der Waals surface area contributed by atoms with Crippen LogP contribution in [0, 0.1) is 33.5 Å². The van der Waals surface area contributed by atoms with Crippen molar-refractivity contribution in [1.82, 2.24) is 0 Å². The maximum absolute atomic E-state index is 13.4. The van der Waals surface area contributed by atoms with Crippen LogP contribution in [0.3, 0.4) is 0 Å². The highest BCUT2D eigenvalue weighted by Crippen LogP contribution is 2.80. The molecule has 11 unspecified atom stereocenters. The molecule has 36 heavy (non-hydrogen) atoms. The van der Waals surface area contributed by atoms with Crippen molar-refractivity contribution in [3.05, 3.63) is 24.2 Å². The van der Waals surface area contributed by atoms with Crippen molar-refractivity contribution in [3.8, 4) is 0 Å². The van der Waals surface area contributed by atoms with Crippen LogP contribution in [0.4, 0.5) is 0 Å². The van der Waals surface area contributed by atoms with Crippen LogP contribution < -0.4 is 0 Å². The number of hydrogen-bond donors (Lipinski definition) is 2. The predicted octanol–water partition coefficient (Wildman–Crippen LogP) is 4.01. The Morgan fingerprint density at radius 3 is 2.44 bits per heavy atom. The van der Waals surface area contributed by atoms with Crippen LogP contribution in [0.25, 0.3) is 0 Å². The van der Waals surface area contributed by atoms with Gasteiger partial charge < -0.3 is 24.1 Å². The zero-order valence-electron chi connectivity index (χ0n) is 22.2. The second kappa shape index (κ2) is 7.23. The first-order chi connectivity index (χ1) is 16.8. The maximum atomic E-state index is 13.4. The number of aliphatic hydroxyl groups is 2. The van der Waals surface area contributed by atoms with E-state index < -0.39 is 46.3 Å². The summed E-state index contributed by atoms with van der Waals surface area (Å²) in [7, 11) is 0. The molecule has 0 amide bonds. The molecular formula is C29H40O7. The third-order valence-corrected chi connectivity index (χ3v) is 12.2. The number of carbonyl (C=O) groups is 2. The summed E-state index contributed by atoms with van der Waals surface area (Å²) in [5.41, 5.74) is -1.81. The SMILES string of the molecule is CC(=O)OC1CC(O)C(C)(C)C2CC(O)C3(C)C(CCC4(C)C(c5ccoc5)CC(=O)C5OC543)C12C. The highest BCUT2D eigenvalue weighted by molar-refractivity contribution is 5.90. The fourth-order valence-corrected chi connectivity index (χ4v) is 10.3. The topological polar surface area (TPSA) is 110 Å². The Kier molecular flexibility index (Phi) is 4.95. The second-order valence-corrected chi connectivity index (χ2v) is 13.6. The predicted molar refractivity (Wildman–Crippen MR) is 130 cm³/mol. The Hall–Kier alpha value is -1.70. The summed E-state index contributed by atoms with van der Waals surface area (Å²) in [5.74, 6) is -0.424. The van der Waals surface area contributed by atoms with Crippen molar-refractivity contribution < 1.29 is 33.7 Å². The number of furan rings is 1. The van der Waals surface area contributed by atoms with Crippen molar-refractivity contribution in [2.24, 2.45) is 33.5 Å². The Labute approximate surface area is 212 Å². The van der Waals surface area contributed by atoms with Gasteiger partial charge in [0.2, 0.25) is 0 Å². The third kappa shape index (κ3) is 2.60. The van der Waals surface area contributed by atoms with Gasteiger partial charge in [-0.3, -0.25) is 9.59 Å². The summed E-state index contributed by atoms with van der Waals surface area (Å²) in [4.78, 5) is 25.7. The molecule has 1 aromatic rings. The van der Waals surface area contributed by atoms with E-state index in [4.69, 9.17) is 13.9 Å². The van der Waals surface area contributed by atoms with E-state index in [1.54, 1.807) is 12.5 Å². The molecule has 198 valence electrons. The summed E-state index contributed by atoms with van der Waals surface area (Å²) in [6.07, 6.45) is 3.93. The third-order valence-electron chi connectivity index (χ3n) is 12.2. The van der Waals surface area contributed by atoms with Gasteiger partial charge in [0.05, 0.1) is 24.7 Å². The van der Waals surface area contributed by atoms with Gasteiger partial charge in [-0.2, -0.15) is 0 Å². The number of aliphatic hydroxyl groups excluding tert-OH is 2. The monoisotopic (exact) mass is 500 g/mol. The molecule has 0 radical (unpaired) electrons. The first kappa shape index (κ1) is 24.6. The van der Waals surface area contributed by atoms with Crippen LogP contribution in [0.5, 0.6) is 0 Å². The molecular weight excluding hydrogens is 460 g/mol. The molecule has 1 spiro atoms. The molecule has 5 fully saturated rings. The van der Waals surface area contributed by atoms with Crippen molar-refractivity contribution in [2.75, 3.05) is 0 Å². The Bertz CT molecular complexity index is 1100. The molecule has 11 atom stereocenters. The van der Waals surface area contributed by atoms with E-state index in [0.717, 1.165) is 18.4 Å². The smallest absolute Gasteiger partial charge is 0.302 e. The van der Waals surface area contributed by atoms with Gasteiger partial charge in [0.1, 0.15) is 17.8 Å². The van der Waals surface area contributed by atoms with Gasteiger partial charge in [0, 0.05) is 41.9 Å². The van der Waals surface area contributed by atoms with Crippen molar-refractivity contribution in [2.45, 2.75) is 110 Å². The average Bonchev–Trinajstić information content (AvgIpc) is 3.37. The van der Waals surface area contributed by atoms with E-state index in [0.29, 0.717) is 19.3 Å². The molecule has 0 bridgehead atoms. The number of epoxide rings is 1. The van der Waals surface area contributed by atoms with E-state index in [1.807, 2.05) is 6.07 Å². The van der Waals surface area contributed by atoms with Gasteiger partial charge in [0.25, 0.3) is 0 Å². The van der Waals surface area contributed by atoms with E-state index >= 15 is 0 Å². The molecule has 2 N–H and O–H groups in total. The Morgan fingerprint density at radius 1 is 1.08 bits per heavy atom. The fraction of sp³-hybridized carbons (Fsp3) is 0.793. The van der Waals surface area contributed by atoms with E-state index in [-0.39, 0.29) is 34.9 Å². The van der Waals surface area contributed by atoms with Crippen LogP contribution >= 0.6 is 0 Å². The minimum atomic E-state index is -0.797. The number of rotatable bonds is 2. The number of esters is 1. The summed E-state index contributed by atoms with van der Waals surface area (Å²) < 4.78 is 18.0. The van der Waals surface area contributed by atoms with Crippen molar-refractivity contribution in [3.63, 3.8) is 0 Å². The second-order valence-electron chi connectivity index (χ2n) is 13.6. The van der Waals surface area contributed by atoms with Crippen LogP contribution in [-0.2, 0) is 19.1 Å². The number of ketones is 1. The zero-order valence-corrected chi connectivity index (χ0v) is 22.2. The molecule has 7 heteroatoms. The minimum absolute atomic E-state index is 0.0492. The molecule has 6 rings (SSSR count). The standard InChI is InChI=1S/C29H40O7/c1-15(30)35-23-13-21(32)25(2,3)20-12-22(33)28(6)19(27(20,23)5)7-9-26(4)17(16-8-10-34-14-16)11-18(31)24-29(26,28)36-24/h8,10,14,17,19-24,32-33H,7,9,11-13H2,1-6H3. The molecule has 0 aromatic carbocycles. The van der Waals surface area contributed by atoms with Crippen LogP contribution in [0.15, 0.2) is 23.0 Å². The minimum Gasteiger partial charge on any atom is -0.472 e. The summed E-state index contributed by atoms with van der Waals surface area (Å²) >= 11 is 0.